The van der Waals surface area contributed by atoms with Crippen LogP contribution in [0.5, 0.6) is 0 Å². The maximum absolute atomic E-state index is 3.82. The van der Waals surface area contributed by atoms with Crippen molar-refractivity contribution in [1.29, 1.82) is 0 Å². The third-order valence-electron chi connectivity index (χ3n) is 5.76. The summed E-state index contributed by atoms with van der Waals surface area (Å²) >= 11 is -2.52. The van der Waals surface area contributed by atoms with Crippen LogP contribution < -0.4 is 3.40 Å². The molecule has 1 nitrogen and oxygen atoms in total. The summed E-state index contributed by atoms with van der Waals surface area (Å²) in [6.45, 7) is 5.13. The van der Waals surface area contributed by atoms with Gasteiger partial charge in [0.2, 0.25) is 0 Å². The second-order valence-electron chi connectivity index (χ2n) is 7.17. The molecule has 5 heteroatoms. The zero-order valence-corrected chi connectivity index (χ0v) is 20.1. The van der Waals surface area contributed by atoms with E-state index in [1.54, 1.807) is 8.97 Å². The molecule has 1 aliphatic rings. The first-order chi connectivity index (χ1) is 11.1. The fourth-order valence-electron chi connectivity index (χ4n) is 3.97. The summed E-state index contributed by atoms with van der Waals surface area (Å²) in [6, 6.07) is 20.2. The molecule has 1 N–H and O–H groups in total. The van der Waals surface area contributed by atoms with Gasteiger partial charge in [-0.25, -0.2) is 0 Å². The molecule has 0 spiro atoms. The molecule has 1 heterocycles. The van der Waals surface area contributed by atoms with Crippen molar-refractivity contribution < 1.29 is 19.4 Å². The molecule has 0 fully saturated rings. The number of H-pyrrole nitrogens is 1. The molecule has 2 aromatic carbocycles. The van der Waals surface area contributed by atoms with Gasteiger partial charge in [-0.3, -0.25) is 0 Å². The molecular formula is C20H25Cl2NSiZr. The second kappa shape index (κ2) is 7.96. The average Bonchev–Trinajstić information content (AvgIpc) is 3.18. The van der Waals surface area contributed by atoms with Crippen LogP contribution in [-0.2, 0) is 19.4 Å². The quantitative estimate of drug-likeness (QED) is 0.481. The normalized spacial score (nSPS) is 17.7. The topological polar surface area (TPSA) is 15.8 Å². The second-order valence-corrected chi connectivity index (χ2v) is 34.3. The Kier molecular flexibility index (Phi) is 6.60. The Morgan fingerprint density at radius 1 is 0.960 bits per heavy atom. The van der Waals surface area contributed by atoms with Gasteiger partial charge in [0.25, 0.3) is 0 Å². The Morgan fingerprint density at radius 3 is 2.36 bits per heavy atom. The van der Waals surface area contributed by atoms with E-state index in [9.17, 15) is 0 Å². The predicted molar refractivity (Wildman–Crippen MR) is 115 cm³/mol. The van der Waals surface area contributed by atoms with Crippen LogP contribution in [0.2, 0.25) is 17.7 Å². The molecule has 2 unspecified atom stereocenters. The van der Waals surface area contributed by atoms with Gasteiger partial charge in [0.1, 0.15) is 0 Å². The minimum Gasteiger partial charge on any atom is -0.147 e. The summed E-state index contributed by atoms with van der Waals surface area (Å²) < 4.78 is 4.96. The number of aromatic nitrogens is 1. The minimum absolute atomic E-state index is 0. The first kappa shape index (κ1) is 20.7. The predicted octanol–water partition coefficient (Wildman–Crippen LogP) is 5.59. The van der Waals surface area contributed by atoms with Crippen molar-refractivity contribution >= 4 is 51.1 Å². The number of rotatable bonds is 3. The SMILES string of the molecule is C[SiH](C)[Zr]([CH3])([c]1cc2ccccc2[nH]1)[CH]1C=Cc2ccccc21.Cl.Cl. The zero-order valence-electron chi connectivity index (χ0n) is 14.8. The Hall–Kier alpha value is -0.600. The number of allylic oxidation sites excluding steroid dienone is 1. The average molecular weight is 470 g/mol. The minimum atomic E-state index is -2.52. The van der Waals surface area contributed by atoms with Crippen molar-refractivity contribution in [3.8, 4) is 0 Å². The summed E-state index contributed by atoms with van der Waals surface area (Å²) in [4.78, 5) is 3.82. The van der Waals surface area contributed by atoms with Crippen molar-refractivity contribution in [3.63, 3.8) is 0 Å². The van der Waals surface area contributed by atoms with Crippen LogP contribution in [0, 0.1) is 0 Å². The maximum atomic E-state index is 3.82. The van der Waals surface area contributed by atoms with Gasteiger partial charge >= 0.3 is 144 Å². The fraction of sp³-hybridized carbons (Fsp3) is 0.200. The molecule has 0 saturated carbocycles. The van der Waals surface area contributed by atoms with E-state index in [2.05, 4.69) is 89.5 Å². The third-order valence-corrected chi connectivity index (χ3v) is 37.7. The van der Waals surface area contributed by atoms with Crippen LogP contribution >= 0.6 is 24.8 Å². The summed E-state index contributed by atoms with van der Waals surface area (Å²) in [6.07, 6.45) is 4.87. The molecule has 0 amide bonds. The van der Waals surface area contributed by atoms with E-state index >= 15 is 0 Å². The van der Waals surface area contributed by atoms with Crippen molar-refractivity contribution in [2.24, 2.45) is 0 Å². The van der Waals surface area contributed by atoms with Gasteiger partial charge in [0.15, 0.2) is 0 Å². The number of hydrogen-bond acceptors (Lipinski definition) is 0. The van der Waals surface area contributed by atoms with Gasteiger partial charge in [-0.05, 0) is 0 Å². The number of hydrogen-bond donors (Lipinski definition) is 1. The van der Waals surface area contributed by atoms with Crippen LogP contribution in [0.1, 0.15) is 14.8 Å². The van der Waals surface area contributed by atoms with Gasteiger partial charge in [0.05, 0.1) is 0 Å². The van der Waals surface area contributed by atoms with Crippen molar-refractivity contribution in [3.05, 3.63) is 71.8 Å². The molecule has 1 aromatic heterocycles. The molecule has 4 rings (SSSR count). The van der Waals surface area contributed by atoms with Crippen LogP contribution in [-0.4, -0.2) is 10.9 Å². The van der Waals surface area contributed by atoms with Crippen molar-refractivity contribution in [1.82, 2.24) is 4.98 Å². The van der Waals surface area contributed by atoms with Gasteiger partial charge in [-0.2, -0.15) is 0 Å². The van der Waals surface area contributed by atoms with E-state index in [0.717, 1.165) is 0 Å². The van der Waals surface area contributed by atoms with Crippen molar-refractivity contribution in [2.45, 2.75) is 21.4 Å². The van der Waals surface area contributed by atoms with Crippen LogP contribution in [0.4, 0.5) is 0 Å². The molecule has 0 saturated heterocycles. The zero-order chi connectivity index (χ0) is 16.0. The Labute approximate surface area is 167 Å². The molecule has 132 valence electrons. The molecule has 25 heavy (non-hydrogen) atoms. The van der Waals surface area contributed by atoms with Crippen LogP contribution in [0.3, 0.4) is 0 Å². The molecule has 1 aliphatic carbocycles. The fourth-order valence-corrected chi connectivity index (χ4v) is 24.3. The molecule has 0 bridgehead atoms. The van der Waals surface area contributed by atoms with E-state index in [-0.39, 0.29) is 24.8 Å². The molecule has 3 aromatic rings. The first-order valence-corrected chi connectivity index (χ1v) is 20.7. The number of para-hydroxylation sites is 1. The van der Waals surface area contributed by atoms with E-state index < -0.39 is 25.4 Å². The van der Waals surface area contributed by atoms with Crippen molar-refractivity contribution in [2.75, 3.05) is 0 Å². The summed E-state index contributed by atoms with van der Waals surface area (Å²) in [5, 5.41) is 1.37. The van der Waals surface area contributed by atoms with E-state index in [1.165, 1.54) is 16.5 Å². The van der Waals surface area contributed by atoms with Gasteiger partial charge in [-0.1, -0.05) is 0 Å². The number of halogens is 2. The third kappa shape index (κ3) is 3.37. The molecular weight excluding hydrogens is 444 g/mol. The molecule has 2 atom stereocenters. The van der Waals surface area contributed by atoms with Crippen LogP contribution in [0.15, 0.2) is 60.7 Å². The summed E-state index contributed by atoms with van der Waals surface area (Å²) in [5.74, 6) is -0.769. The maximum Gasteiger partial charge on any atom is -0.147 e. The molecule has 0 radical (unpaired) electrons. The van der Waals surface area contributed by atoms with Gasteiger partial charge < -0.3 is 0 Å². The summed E-state index contributed by atoms with van der Waals surface area (Å²) in [7, 11) is 0. The Balaban J connectivity index is 0.00000113. The first-order valence-electron chi connectivity index (χ1n) is 8.46. The van der Waals surface area contributed by atoms with E-state index in [4.69, 9.17) is 0 Å². The number of aromatic amines is 1. The number of fused-ring (bicyclic) bond motifs is 2. The van der Waals surface area contributed by atoms with Crippen LogP contribution in [0.25, 0.3) is 17.0 Å². The van der Waals surface area contributed by atoms with E-state index in [1.807, 2.05) is 0 Å². The Morgan fingerprint density at radius 2 is 1.64 bits per heavy atom. The smallest absolute Gasteiger partial charge is 0.147 e. The monoisotopic (exact) mass is 467 g/mol. The molecule has 0 aliphatic heterocycles. The largest absolute Gasteiger partial charge is 0.147 e. The number of benzene rings is 2. The summed E-state index contributed by atoms with van der Waals surface area (Å²) in [5.41, 5.74) is 4.31. The van der Waals surface area contributed by atoms with Gasteiger partial charge in [-0.15, -0.1) is 24.8 Å². The standard InChI is InChI=1S/C9H7.C8H6N.C2H7Si.CH3.2ClH.Zr/c1-2-5-9-7-3-6-8(9)4-1;1-2-4-8-7(3-1)5-6-9-8;1-3-2;;;;/h1-7H;1-5,9H;3H,1-2H3;1H3;2*1H;. The number of nitrogens with one attached hydrogen (secondary N) is 1. The Bertz CT molecular complexity index is 872. The van der Waals surface area contributed by atoms with Gasteiger partial charge in [0, 0.05) is 0 Å². The van der Waals surface area contributed by atoms with E-state index in [0.29, 0.717) is 3.63 Å².